The zero-order chi connectivity index (χ0) is 59.4. The summed E-state index contributed by atoms with van der Waals surface area (Å²) in [5.74, 6) is -3.86. The van der Waals surface area contributed by atoms with Crippen molar-refractivity contribution in [1.29, 1.82) is 0 Å². The van der Waals surface area contributed by atoms with Crippen molar-refractivity contribution >= 4 is 35.8 Å². The van der Waals surface area contributed by atoms with Crippen LogP contribution in [0.1, 0.15) is 153 Å². The third-order valence-corrected chi connectivity index (χ3v) is 11.1. The zero-order valence-electron chi connectivity index (χ0n) is 48.9. The summed E-state index contributed by atoms with van der Waals surface area (Å²) in [4.78, 5) is 79.0. The number of carbonyl (C=O) groups is 6. The van der Waals surface area contributed by atoms with E-state index in [2.05, 4.69) is 41.2 Å². The van der Waals surface area contributed by atoms with Gasteiger partial charge in [0.15, 0.2) is 0 Å². The van der Waals surface area contributed by atoms with E-state index in [1.54, 1.807) is 0 Å². The second-order valence-corrected chi connectivity index (χ2v) is 22.7. The molecule has 0 fully saturated rings. The maximum atomic E-state index is 14.4. The number of rotatable bonds is 33. The van der Waals surface area contributed by atoms with E-state index in [-0.39, 0.29) is 112 Å². The predicted molar refractivity (Wildman–Crippen MR) is 287 cm³/mol. The van der Waals surface area contributed by atoms with Gasteiger partial charge in [-0.05, 0) is 96.9 Å². The van der Waals surface area contributed by atoms with E-state index < -0.39 is 82.8 Å². The molecular weight excluding hydrogens is 1060 g/mol. The van der Waals surface area contributed by atoms with E-state index in [9.17, 15) is 28.8 Å². The molecule has 4 heterocycles. The molecule has 0 aliphatic heterocycles. The van der Waals surface area contributed by atoms with Gasteiger partial charge >= 0.3 is 35.8 Å². The average Bonchev–Trinajstić information content (AvgIpc) is 4.23. The number of esters is 6. The molecule has 4 aromatic heterocycles. The lowest BCUT2D eigenvalue weighted by molar-refractivity contribution is -0.166. The molecule has 0 amide bonds. The van der Waals surface area contributed by atoms with Gasteiger partial charge in [-0.15, -0.1) is 20.4 Å². The van der Waals surface area contributed by atoms with Crippen LogP contribution in [0, 0.1) is 0 Å². The molecule has 0 aliphatic carbocycles. The molecular formula is C53H86N12O16. The molecule has 0 saturated heterocycles. The Balaban J connectivity index is 0.0000172. The molecule has 0 N–H and O–H groups in total. The Kier molecular flexibility index (Phi) is 26.1. The summed E-state index contributed by atoms with van der Waals surface area (Å²) in [6.07, 6.45) is 5.97. The van der Waals surface area contributed by atoms with Gasteiger partial charge in [-0.2, -0.15) is 0 Å². The molecule has 0 aliphatic rings. The lowest BCUT2D eigenvalue weighted by Gasteiger charge is -2.28. The Hall–Kier alpha value is -6.78. The monoisotopic (exact) mass is 1150 g/mol. The van der Waals surface area contributed by atoms with Gasteiger partial charge in [0.1, 0.15) is 39.6 Å². The van der Waals surface area contributed by atoms with Crippen molar-refractivity contribution in [1.82, 2.24) is 60.0 Å². The van der Waals surface area contributed by atoms with Crippen molar-refractivity contribution in [2.24, 2.45) is 0 Å². The van der Waals surface area contributed by atoms with Crippen LogP contribution in [0.4, 0.5) is 0 Å². The Labute approximate surface area is 473 Å². The Morgan fingerprint density at radius 2 is 0.531 bits per heavy atom. The Morgan fingerprint density at radius 1 is 0.333 bits per heavy atom. The van der Waals surface area contributed by atoms with E-state index in [4.69, 9.17) is 47.4 Å². The van der Waals surface area contributed by atoms with Crippen molar-refractivity contribution in [3.8, 4) is 0 Å². The summed E-state index contributed by atoms with van der Waals surface area (Å²) in [6.45, 7) is 25.7. The van der Waals surface area contributed by atoms with E-state index in [1.807, 2.05) is 83.1 Å². The van der Waals surface area contributed by atoms with Crippen LogP contribution in [0.25, 0.3) is 0 Å². The fourth-order valence-electron chi connectivity index (χ4n) is 6.85. The van der Waals surface area contributed by atoms with Crippen LogP contribution in [0.3, 0.4) is 0 Å². The maximum Gasteiger partial charge on any atom is 0.356 e. The number of carbonyl (C=O) groups excluding carboxylic acids is 6. The summed E-state index contributed by atoms with van der Waals surface area (Å²) < 4.78 is 59.9. The standard InChI is InChI=1S/C52H82N12O16.CH4/c1-47(2,3)77-29-25-71-41(65)19-15-37-33-61(57-53-37)51(13,62-34-38(54-58-62)16-20-42(66)72-26-30-78-48(4,5)6)45(69)75-23-24-76-46(70)52(14,63-35-39(55-59-63)17-21-43(67)73-27-31-79-49(7,8)9)64-36-40(56-60-64)18-22-44(68)74-28-32-80-50(10,11)12;/h33-36H,15-32H2,1-14H3;1H4. The minimum atomic E-state index is -1.92. The molecule has 0 aromatic carbocycles. The van der Waals surface area contributed by atoms with Crippen molar-refractivity contribution < 1.29 is 76.1 Å². The van der Waals surface area contributed by atoms with Gasteiger partial charge in [0.25, 0.3) is 11.3 Å². The molecule has 4 rings (SSSR count). The van der Waals surface area contributed by atoms with Crippen LogP contribution >= 0.6 is 0 Å². The van der Waals surface area contributed by atoms with E-state index in [1.165, 1.54) is 57.4 Å². The first kappa shape index (κ1) is 68.5. The van der Waals surface area contributed by atoms with Crippen molar-refractivity contribution in [2.75, 3.05) is 66.1 Å². The minimum absolute atomic E-state index is 0. The molecule has 0 saturated carbocycles. The van der Waals surface area contributed by atoms with Gasteiger partial charge in [0.05, 0.1) is 122 Å². The van der Waals surface area contributed by atoms with Crippen LogP contribution in [0.5, 0.6) is 0 Å². The van der Waals surface area contributed by atoms with Crippen LogP contribution in [-0.4, -0.2) is 184 Å². The van der Waals surface area contributed by atoms with Gasteiger partial charge < -0.3 is 47.4 Å². The number of hydrogen-bond acceptors (Lipinski definition) is 24. The van der Waals surface area contributed by atoms with Crippen molar-refractivity contribution in [3.05, 3.63) is 47.6 Å². The number of aryl methyl sites for hydroxylation is 4. The molecule has 28 heteroatoms. The zero-order valence-corrected chi connectivity index (χ0v) is 48.9. The molecule has 0 bridgehead atoms. The lowest BCUT2D eigenvalue weighted by atomic mass is 10.2. The predicted octanol–water partition coefficient (Wildman–Crippen LogP) is 4.08. The topological polar surface area (TPSA) is 318 Å². The highest BCUT2D eigenvalue weighted by atomic mass is 16.6. The third kappa shape index (κ3) is 24.1. The van der Waals surface area contributed by atoms with E-state index in [0.717, 1.165) is 0 Å². The summed E-state index contributed by atoms with van der Waals surface area (Å²) in [5.41, 5.74) is -4.12. The first-order valence-corrected chi connectivity index (χ1v) is 26.6. The smallest absolute Gasteiger partial charge is 0.356 e. The van der Waals surface area contributed by atoms with Gasteiger partial charge in [0, 0.05) is 25.7 Å². The Bertz CT molecular complexity index is 2290. The summed E-state index contributed by atoms with van der Waals surface area (Å²) in [5, 5.41) is 33.6. The number of aromatic nitrogens is 12. The number of nitrogens with zero attached hydrogens (tertiary/aromatic N) is 12. The summed E-state index contributed by atoms with van der Waals surface area (Å²) in [7, 11) is 0. The van der Waals surface area contributed by atoms with Crippen molar-refractivity contribution in [3.63, 3.8) is 0 Å². The number of hydrogen-bond donors (Lipinski definition) is 0. The fourth-order valence-corrected chi connectivity index (χ4v) is 6.85. The third-order valence-electron chi connectivity index (χ3n) is 11.1. The Morgan fingerprint density at radius 3 is 0.728 bits per heavy atom. The van der Waals surface area contributed by atoms with Crippen LogP contribution in [-0.2, 0) is 113 Å². The minimum Gasteiger partial charge on any atom is -0.463 e. The number of ether oxygens (including phenoxy) is 10. The van der Waals surface area contributed by atoms with Crippen molar-refractivity contribution in [2.45, 2.75) is 189 Å². The first-order valence-electron chi connectivity index (χ1n) is 26.6. The second kappa shape index (κ2) is 30.9. The van der Waals surface area contributed by atoms with Crippen LogP contribution in [0.2, 0.25) is 0 Å². The van der Waals surface area contributed by atoms with E-state index in [0.29, 0.717) is 22.8 Å². The highest BCUT2D eigenvalue weighted by Gasteiger charge is 2.44. The molecule has 81 heavy (non-hydrogen) atoms. The average molecular weight is 1150 g/mol. The molecule has 4 aromatic rings. The SMILES string of the molecule is C.CC(C)(C)OCCOC(=O)CCc1cn(C(C)(C(=O)OCCOC(=O)C(C)(n2cc(CCC(=O)OCCOC(C)(C)C)nn2)n2cc(CCC(=O)OCCOC(C)(C)C)nn2)n2cc(CCC(=O)OCCOC(C)(C)C)nn2)nn1. The molecule has 0 spiro atoms. The van der Waals surface area contributed by atoms with Crippen LogP contribution < -0.4 is 0 Å². The molecule has 454 valence electrons. The largest absolute Gasteiger partial charge is 0.463 e. The fraction of sp³-hybridized carbons (Fsp3) is 0.736. The normalized spacial score (nSPS) is 12.4. The van der Waals surface area contributed by atoms with E-state index >= 15 is 0 Å². The van der Waals surface area contributed by atoms with Gasteiger partial charge in [0.2, 0.25) is 0 Å². The lowest BCUT2D eigenvalue weighted by Crippen LogP contribution is -2.49. The molecule has 0 unspecified atom stereocenters. The van der Waals surface area contributed by atoms with Gasteiger partial charge in [-0.3, -0.25) is 19.2 Å². The summed E-state index contributed by atoms with van der Waals surface area (Å²) >= 11 is 0. The van der Waals surface area contributed by atoms with Gasteiger partial charge in [-0.25, -0.2) is 28.3 Å². The maximum absolute atomic E-state index is 14.4. The highest BCUT2D eigenvalue weighted by Crippen LogP contribution is 2.24. The quantitative estimate of drug-likeness (QED) is 0.0368. The molecule has 0 radical (unpaired) electrons. The highest BCUT2D eigenvalue weighted by molar-refractivity contribution is 5.79. The second-order valence-electron chi connectivity index (χ2n) is 22.7. The van der Waals surface area contributed by atoms with Gasteiger partial charge in [-0.1, -0.05) is 28.3 Å². The molecule has 28 nitrogen and oxygen atoms in total. The first-order chi connectivity index (χ1) is 37.4. The molecule has 0 atom stereocenters. The summed E-state index contributed by atoms with van der Waals surface area (Å²) in [6, 6.07) is 0. The van der Waals surface area contributed by atoms with Crippen LogP contribution in [0.15, 0.2) is 24.8 Å².